The van der Waals surface area contributed by atoms with Crippen LogP contribution in [0, 0.1) is 0 Å². The third kappa shape index (κ3) is 3.39. The first-order valence-corrected chi connectivity index (χ1v) is 4.23. The first-order valence-electron chi connectivity index (χ1n) is 3.44. The summed E-state index contributed by atoms with van der Waals surface area (Å²) in [6.07, 6.45) is 1.53. The van der Waals surface area contributed by atoms with E-state index in [4.69, 9.17) is 0 Å². The van der Waals surface area contributed by atoms with Crippen molar-refractivity contribution in [1.82, 2.24) is 10.5 Å². The Kier molecular flexibility index (Phi) is 3.66. The van der Waals surface area contributed by atoms with Gasteiger partial charge in [0.15, 0.2) is 0 Å². The number of anilines is 1. The molecule has 1 heterocycles. The van der Waals surface area contributed by atoms with Crippen molar-refractivity contribution in [2.24, 2.45) is 0 Å². The molecular formula is C7H8BrN3O2. The van der Waals surface area contributed by atoms with E-state index in [1.54, 1.807) is 12.1 Å². The zero-order chi connectivity index (χ0) is 9.68. The van der Waals surface area contributed by atoms with Gasteiger partial charge in [-0.15, -0.1) is 0 Å². The molecule has 0 fully saturated rings. The standard InChI is InChI=1S/C7H8BrN3O2/c1-13-11-7(12)10-5-2-3-6(8)9-4-5/h2-4H,1H3,(H2,10,11,12). The Morgan fingerprint density at radius 1 is 1.62 bits per heavy atom. The van der Waals surface area contributed by atoms with Crippen LogP contribution < -0.4 is 10.8 Å². The molecule has 0 unspecified atom stereocenters. The summed E-state index contributed by atoms with van der Waals surface area (Å²) in [4.78, 5) is 19.2. The Bertz CT molecular complexity index is 288. The molecular weight excluding hydrogens is 238 g/mol. The molecule has 1 aromatic rings. The number of urea groups is 1. The van der Waals surface area contributed by atoms with Crippen LogP contribution in [0.25, 0.3) is 0 Å². The van der Waals surface area contributed by atoms with E-state index in [0.29, 0.717) is 10.3 Å². The number of hydroxylamine groups is 1. The predicted octanol–water partition coefficient (Wildman–Crippen LogP) is 1.53. The van der Waals surface area contributed by atoms with Gasteiger partial charge in [0.2, 0.25) is 0 Å². The zero-order valence-corrected chi connectivity index (χ0v) is 8.46. The molecule has 0 atom stereocenters. The normalized spacial score (nSPS) is 9.38. The molecule has 0 bridgehead atoms. The first-order chi connectivity index (χ1) is 6.22. The van der Waals surface area contributed by atoms with Gasteiger partial charge >= 0.3 is 6.03 Å². The van der Waals surface area contributed by atoms with Crippen LogP contribution in [0.3, 0.4) is 0 Å². The molecule has 0 spiro atoms. The fourth-order valence-electron chi connectivity index (χ4n) is 0.699. The van der Waals surface area contributed by atoms with Crippen LogP contribution in [0.1, 0.15) is 0 Å². The Morgan fingerprint density at radius 3 is 2.92 bits per heavy atom. The Labute approximate surface area is 83.6 Å². The molecule has 0 aliphatic rings. The molecule has 6 heteroatoms. The second-order valence-corrected chi connectivity index (χ2v) is 2.94. The Hall–Kier alpha value is -1.14. The monoisotopic (exact) mass is 245 g/mol. The molecule has 0 aliphatic carbocycles. The van der Waals surface area contributed by atoms with Gasteiger partial charge in [-0.1, -0.05) is 0 Å². The van der Waals surface area contributed by atoms with Crippen LogP contribution in [-0.2, 0) is 4.84 Å². The van der Waals surface area contributed by atoms with Crippen LogP contribution in [-0.4, -0.2) is 18.1 Å². The summed E-state index contributed by atoms with van der Waals surface area (Å²) in [5.41, 5.74) is 2.71. The SMILES string of the molecule is CONC(=O)Nc1ccc(Br)nc1. The molecule has 2 N–H and O–H groups in total. The van der Waals surface area contributed by atoms with Crippen molar-refractivity contribution in [3.63, 3.8) is 0 Å². The van der Waals surface area contributed by atoms with E-state index in [9.17, 15) is 4.79 Å². The first kappa shape index (κ1) is 9.94. The highest BCUT2D eigenvalue weighted by Crippen LogP contribution is 2.09. The molecule has 70 valence electrons. The second-order valence-electron chi connectivity index (χ2n) is 2.13. The summed E-state index contributed by atoms with van der Waals surface area (Å²) >= 11 is 3.18. The van der Waals surface area contributed by atoms with E-state index in [2.05, 4.69) is 36.5 Å². The maximum atomic E-state index is 10.9. The maximum absolute atomic E-state index is 10.9. The lowest BCUT2D eigenvalue weighted by Gasteiger charge is -2.04. The number of nitrogens with zero attached hydrogens (tertiary/aromatic N) is 1. The summed E-state index contributed by atoms with van der Waals surface area (Å²) in [5, 5.41) is 2.51. The van der Waals surface area contributed by atoms with Gasteiger partial charge in [0.25, 0.3) is 0 Å². The largest absolute Gasteiger partial charge is 0.343 e. The van der Waals surface area contributed by atoms with Crippen molar-refractivity contribution in [2.75, 3.05) is 12.4 Å². The molecule has 1 rings (SSSR count). The van der Waals surface area contributed by atoms with Gasteiger partial charge < -0.3 is 5.32 Å². The molecule has 13 heavy (non-hydrogen) atoms. The van der Waals surface area contributed by atoms with Gasteiger partial charge in [-0.3, -0.25) is 4.84 Å². The van der Waals surface area contributed by atoms with Crippen LogP contribution in [0.2, 0.25) is 0 Å². The highest BCUT2D eigenvalue weighted by Gasteiger charge is 1.99. The van der Waals surface area contributed by atoms with Crippen molar-refractivity contribution in [2.45, 2.75) is 0 Å². The lowest BCUT2D eigenvalue weighted by atomic mass is 10.4. The maximum Gasteiger partial charge on any atom is 0.343 e. The molecule has 2 amide bonds. The van der Waals surface area contributed by atoms with Gasteiger partial charge in [-0.25, -0.2) is 15.3 Å². The molecule has 0 aromatic carbocycles. The van der Waals surface area contributed by atoms with E-state index in [1.807, 2.05) is 0 Å². The number of pyridine rings is 1. The van der Waals surface area contributed by atoms with Crippen molar-refractivity contribution in [1.29, 1.82) is 0 Å². The summed E-state index contributed by atoms with van der Waals surface area (Å²) in [6.45, 7) is 0. The number of carbonyl (C=O) groups excluding carboxylic acids is 1. The Morgan fingerprint density at radius 2 is 2.38 bits per heavy atom. The minimum absolute atomic E-state index is 0.438. The summed E-state index contributed by atoms with van der Waals surface area (Å²) in [7, 11) is 1.36. The Balaban J connectivity index is 2.54. The van der Waals surface area contributed by atoms with Crippen molar-refractivity contribution < 1.29 is 9.63 Å². The van der Waals surface area contributed by atoms with Crippen LogP contribution >= 0.6 is 15.9 Å². The fourth-order valence-corrected chi connectivity index (χ4v) is 0.934. The van der Waals surface area contributed by atoms with Gasteiger partial charge in [0.05, 0.1) is 19.0 Å². The minimum Gasteiger partial charge on any atom is -0.305 e. The lowest BCUT2D eigenvalue weighted by Crippen LogP contribution is -2.27. The number of carbonyl (C=O) groups is 1. The topological polar surface area (TPSA) is 63.2 Å². The second kappa shape index (κ2) is 4.78. The van der Waals surface area contributed by atoms with Crippen molar-refractivity contribution in [3.8, 4) is 0 Å². The molecule has 0 aliphatic heterocycles. The number of nitrogens with one attached hydrogen (secondary N) is 2. The average molecular weight is 246 g/mol. The van der Waals surface area contributed by atoms with Crippen LogP contribution in [0.15, 0.2) is 22.9 Å². The molecule has 0 saturated heterocycles. The molecule has 1 aromatic heterocycles. The quantitative estimate of drug-likeness (QED) is 0.614. The number of hydrogen-bond acceptors (Lipinski definition) is 3. The van der Waals surface area contributed by atoms with E-state index in [-0.39, 0.29) is 0 Å². The highest BCUT2D eigenvalue weighted by molar-refractivity contribution is 9.10. The molecule has 0 radical (unpaired) electrons. The van der Waals surface area contributed by atoms with E-state index < -0.39 is 6.03 Å². The van der Waals surface area contributed by atoms with Gasteiger partial charge in [0.1, 0.15) is 4.60 Å². The summed E-state index contributed by atoms with van der Waals surface area (Å²) in [6, 6.07) is 3.00. The summed E-state index contributed by atoms with van der Waals surface area (Å²) in [5.74, 6) is 0. The van der Waals surface area contributed by atoms with Crippen molar-refractivity contribution >= 4 is 27.6 Å². The fraction of sp³-hybridized carbons (Fsp3) is 0.143. The van der Waals surface area contributed by atoms with Crippen LogP contribution in [0.4, 0.5) is 10.5 Å². The number of aromatic nitrogens is 1. The highest BCUT2D eigenvalue weighted by atomic mass is 79.9. The summed E-state index contributed by atoms with van der Waals surface area (Å²) < 4.78 is 0.713. The third-order valence-electron chi connectivity index (χ3n) is 1.18. The van der Waals surface area contributed by atoms with Crippen LogP contribution in [0.5, 0.6) is 0 Å². The smallest absolute Gasteiger partial charge is 0.305 e. The molecule has 5 nitrogen and oxygen atoms in total. The van der Waals surface area contributed by atoms with Gasteiger partial charge in [0, 0.05) is 0 Å². The number of hydrogen-bond donors (Lipinski definition) is 2. The zero-order valence-electron chi connectivity index (χ0n) is 6.87. The number of amides is 2. The minimum atomic E-state index is -0.438. The van der Waals surface area contributed by atoms with E-state index in [1.165, 1.54) is 13.3 Å². The van der Waals surface area contributed by atoms with E-state index >= 15 is 0 Å². The number of rotatable bonds is 2. The average Bonchev–Trinajstić information content (AvgIpc) is 2.09. The van der Waals surface area contributed by atoms with Gasteiger partial charge in [-0.05, 0) is 28.1 Å². The van der Waals surface area contributed by atoms with Crippen molar-refractivity contribution in [3.05, 3.63) is 22.9 Å². The number of halogens is 1. The predicted molar refractivity (Wildman–Crippen MR) is 51.1 cm³/mol. The molecule has 0 saturated carbocycles. The lowest BCUT2D eigenvalue weighted by molar-refractivity contribution is 0.114. The van der Waals surface area contributed by atoms with Gasteiger partial charge in [-0.2, -0.15) is 0 Å². The van der Waals surface area contributed by atoms with E-state index in [0.717, 1.165) is 0 Å². The third-order valence-corrected chi connectivity index (χ3v) is 1.65.